The van der Waals surface area contributed by atoms with Gasteiger partial charge in [0.1, 0.15) is 12.4 Å². The molecule has 0 saturated carbocycles. The lowest BCUT2D eigenvalue weighted by Crippen LogP contribution is -2.22. The largest absolute Gasteiger partial charge is 0.489 e. The second kappa shape index (κ2) is 10.1. The summed E-state index contributed by atoms with van der Waals surface area (Å²) in [5, 5.41) is 5.89. The van der Waals surface area contributed by atoms with Gasteiger partial charge in [0.25, 0.3) is 5.91 Å². The Balaban J connectivity index is 1.45. The molecule has 2 amide bonds. The third-order valence-electron chi connectivity index (χ3n) is 4.38. The number of nitrogens with zero attached hydrogens (tertiary/aromatic N) is 1. The van der Waals surface area contributed by atoms with Gasteiger partial charge >= 0.3 is 0 Å². The predicted molar refractivity (Wildman–Crippen MR) is 119 cm³/mol. The van der Waals surface area contributed by atoms with Crippen molar-refractivity contribution in [1.29, 1.82) is 0 Å². The van der Waals surface area contributed by atoms with Crippen LogP contribution in [0.5, 0.6) is 5.75 Å². The molecule has 3 aromatic carbocycles. The molecule has 30 heavy (non-hydrogen) atoms. The van der Waals surface area contributed by atoms with Crippen molar-refractivity contribution >= 4 is 23.2 Å². The summed E-state index contributed by atoms with van der Waals surface area (Å²) in [5.74, 6) is 0.513. The molecule has 0 heterocycles. The number of rotatable bonds is 8. The van der Waals surface area contributed by atoms with E-state index in [1.807, 2.05) is 42.5 Å². The number of amides is 2. The van der Waals surface area contributed by atoms with Crippen LogP contribution in [0.2, 0.25) is 0 Å². The van der Waals surface area contributed by atoms with Crippen molar-refractivity contribution in [1.82, 2.24) is 4.90 Å². The van der Waals surface area contributed by atoms with E-state index in [2.05, 4.69) is 10.6 Å². The average Bonchev–Trinajstić information content (AvgIpc) is 2.78. The normalized spacial score (nSPS) is 10.2. The molecule has 0 aliphatic rings. The molecule has 6 nitrogen and oxygen atoms in total. The number of nitrogens with one attached hydrogen (secondary N) is 2. The zero-order valence-electron chi connectivity index (χ0n) is 17.1. The number of benzene rings is 3. The van der Waals surface area contributed by atoms with E-state index in [0.29, 0.717) is 17.9 Å². The minimum atomic E-state index is -0.165. The Labute approximate surface area is 176 Å². The molecule has 0 fully saturated rings. The summed E-state index contributed by atoms with van der Waals surface area (Å²) in [4.78, 5) is 25.6. The molecule has 0 spiro atoms. The van der Waals surface area contributed by atoms with Gasteiger partial charge in [0.2, 0.25) is 5.91 Å². The summed E-state index contributed by atoms with van der Waals surface area (Å²) in [7, 11) is 3.42. The third-order valence-corrected chi connectivity index (χ3v) is 4.38. The van der Waals surface area contributed by atoms with Crippen LogP contribution in [-0.4, -0.2) is 37.4 Å². The van der Waals surface area contributed by atoms with E-state index >= 15 is 0 Å². The first-order valence-electron chi connectivity index (χ1n) is 9.63. The minimum Gasteiger partial charge on any atom is -0.489 e. The minimum absolute atomic E-state index is 0.0597. The van der Waals surface area contributed by atoms with Gasteiger partial charge in [0.15, 0.2) is 0 Å². The topological polar surface area (TPSA) is 70.7 Å². The van der Waals surface area contributed by atoms with Gasteiger partial charge in [0.05, 0.1) is 6.54 Å². The van der Waals surface area contributed by atoms with Crippen LogP contribution in [0.15, 0.2) is 78.9 Å². The van der Waals surface area contributed by atoms with Gasteiger partial charge in [-0.25, -0.2) is 0 Å². The highest BCUT2D eigenvalue weighted by molar-refractivity contribution is 5.95. The SMILES string of the molecule is CN(C)C(=O)c1ccc(NCC(=O)Nc2ccc(OCc3ccccc3)cc2)cc1. The van der Waals surface area contributed by atoms with Crippen molar-refractivity contribution in [3.05, 3.63) is 90.0 Å². The lowest BCUT2D eigenvalue weighted by Gasteiger charge is -2.12. The molecule has 0 unspecified atom stereocenters. The lowest BCUT2D eigenvalue weighted by atomic mass is 10.2. The number of anilines is 2. The maximum atomic E-state index is 12.2. The summed E-state index contributed by atoms with van der Waals surface area (Å²) in [5.41, 5.74) is 3.16. The molecule has 3 rings (SSSR count). The maximum absolute atomic E-state index is 12.2. The first kappa shape index (κ1) is 20.9. The highest BCUT2D eigenvalue weighted by atomic mass is 16.5. The van der Waals surface area contributed by atoms with Gasteiger partial charge in [-0.15, -0.1) is 0 Å². The van der Waals surface area contributed by atoms with E-state index in [1.165, 1.54) is 4.90 Å². The molecular weight excluding hydrogens is 378 g/mol. The number of carbonyl (C=O) groups excluding carboxylic acids is 2. The highest BCUT2D eigenvalue weighted by Gasteiger charge is 2.08. The first-order chi connectivity index (χ1) is 14.5. The van der Waals surface area contributed by atoms with Crippen molar-refractivity contribution in [2.45, 2.75) is 6.61 Å². The molecule has 2 N–H and O–H groups in total. The molecule has 154 valence electrons. The van der Waals surface area contributed by atoms with Crippen LogP contribution in [0.1, 0.15) is 15.9 Å². The van der Waals surface area contributed by atoms with Gasteiger partial charge in [-0.3, -0.25) is 9.59 Å². The Morgan fingerprint density at radius 1 is 0.833 bits per heavy atom. The Morgan fingerprint density at radius 3 is 2.10 bits per heavy atom. The predicted octanol–water partition coefficient (Wildman–Crippen LogP) is 4.02. The van der Waals surface area contributed by atoms with Gasteiger partial charge in [-0.05, 0) is 54.1 Å². The van der Waals surface area contributed by atoms with Crippen molar-refractivity contribution < 1.29 is 14.3 Å². The van der Waals surface area contributed by atoms with Crippen molar-refractivity contribution in [2.24, 2.45) is 0 Å². The van der Waals surface area contributed by atoms with Crippen molar-refractivity contribution in [2.75, 3.05) is 31.3 Å². The first-order valence-corrected chi connectivity index (χ1v) is 9.63. The van der Waals surface area contributed by atoms with E-state index in [4.69, 9.17) is 4.74 Å². The zero-order chi connectivity index (χ0) is 21.3. The van der Waals surface area contributed by atoms with Crippen LogP contribution in [0.4, 0.5) is 11.4 Å². The summed E-state index contributed by atoms with van der Waals surface area (Å²) in [6.07, 6.45) is 0. The molecule has 0 aliphatic heterocycles. The molecule has 0 aromatic heterocycles. The second-order valence-electron chi connectivity index (χ2n) is 6.98. The van der Waals surface area contributed by atoms with Crippen LogP contribution < -0.4 is 15.4 Å². The summed E-state index contributed by atoms with van der Waals surface area (Å²) < 4.78 is 5.75. The van der Waals surface area contributed by atoms with Crippen LogP contribution in [0.25, 0.3) is 0 Å². The van der Waals surface area contributed by atoms with Crippen molar-refractivity contribution in [3.63, 3.8) is 0 Å². The average molecular weight is 403 g/mol. The van der Waals surface area contributed by atoms with Crippen LogP contribution >= 0.6 is 0 Å². The molecule has 0 aliphatic carbocycles. The van der Waals surface area contributed by atoms with E-state index in [0.717, 1.165) is 17.0 Å². The van der Waals surface area contributed by atoms with Gasteiger partial charge < -0.3 is 20.3 Å². The molecule has 0 saturated heterocycles. The van der Waals surface area contributed by atoms with E-state index in [1.54, 1.807) is 50.5 Å². The van der Waals surface area contributed by atoms with Gasteiger partial charge in [-0.1, -0.05) is 30.3 Å². The highest BCUT2D eigenvalue weighted by Crippen LogP contribution is 2.17. The fraction of sp³-hybridized carbons (Fsp3) is 0.167. The quantitative estimate of drug-likeness (QED) is 0.596. The Kier molecular flexibility index (Phi) is 7.05. The number of hydrogen-bond donors (Lipinski definition) is 2. The molecule has 0 atom stereocenters. The summed E-state index contributed by atoms with van der Waals surface area (Å²) >= 11 is 0. The fourth-order valence-corrected chi connectivity index (χ4v) is 2.75. The van der Waals surface area contributed by atoms with Crippen LogP contribution in [-0.2, 0) is 11.4 Å². The van der Waals surface area contributed by atoms with E-state index in [9.17, 15) is 9.59 Å². The maximum Gasteiger partial charge on any atom is 0.253 e. The number of hydrogen-bond acceptors (Lipinski definition) is 4. The fourth-order valence-electron chi connectivity index (χ4n) is 2.75. The van der Waals surface area contributed by atoms with Gasteiger partial charge in [-0.2, -0.15) is 0 Å². The van der Waals surface area contributed by atoms with Crippen molar-refractivity contribution in [3.8, 4) is 5.75 Å². The van der Waals surface area contributed by atoms with Gasteiger partial charge in [0, 0.05) is 31.0 Å². The summed E-state index contributed by atoms with van der Waals surface area (Å²) in [6, 6.07) is 24.2. The van der Waals surface area contributed by atoms with E-state index < -0.39 is 0 Å². The molecular formula is C24H25N3O3. The molecule has 6 heteroatoms. The molecule has 0 bridgehead atoms. The standard InChI is InChI=1S/C24H25N3O3/c1-27(2)24(29)19-8-10-20(11-9-19)25-16-23(28)26-21-12-14-22(15-13-21)30-17-18-6-4-3-5-7-18/h3-15,25H,16-17H2,1-2H3,(H,26,28). The molecule has 3 aromatic rings. The van der Waals surface area contributed by atoms with Crippen LogP contribution in [0.3, 0.4) is 0 Å². The second-order valence-corrected chi connectivity index (χ2v) is 6.98. The van der Waals surface area contributed by atoms with E-state index in [-0.39, 0.29) is 18.4 Å². The summed E-state index contributed by atoms with van der Waals surface area (Å²) in [6.45, 7) is 0.614. The zero-order valence-corrected chi connectivity index (χ0v) is 17.1. The Hall–Kier alpha value is -3.80. The Bertz CT molecular complexity index is 969. The Morgan fingerprint density at radius 2 is 1.47 bits per heavy atom. The monoisotopic (exact) mass is 403 g/mol. The number of ether oxygens (including phenoxy) is 1. The van der Waals surface area contributed by atoms with Crippen LogP contribution in [0, 0.1) is 0 Å². The smallest absolute Gasteiger partial charge is 0.253 e. The number of carbonyl (C=O) groups is 2. The lowest BCUT2D eigenvalue weighted by molar-refractivity contribution is -0.114. The third kappa shape index (κ3) is 6.10. The molecule has 0 radical (unpaired) electrons.